The smallest absolute Gasteiger partial charge is 0.243 e. The summed E-state index contributed by atoms with van der Waals surface area (Å²) in [5.41, 5.74) is 3.52. The number of hydrazone groups is 1. The molecule has 1 amide bonds. The number of carbonyl (C=O) groups is 1. The predicted molar refractivity (Wildman–Crippen MR) is 89.2 cm³/mol. The number of hydrogen-bond acceptors (Lipinski definition) is 3. The van der Waals surface area contributed by atoms with Crippen LogP contribution < -0.4 is 10.2 Å². The largest absolute Gasteiger partial charge is 0.494 e. The summed E-state index contributed by atoms with van der Waals surface area (Å²) in [4.78, 5) is 11.4. The van der Waals surface area contributed by atoms with Gasteiger partial charge in [-0.05, 0) is 49.1 Å². The zero-order valence-electron chi connectivity index (χ0n) is 13.4. The Labute approximate surface area is 132 Å². The second-order valence-electron chi connectivity index (χ2n) is 5.84. The predicted octanol–water partition coefficient (Wildman–Crippen LogP) is 3.90. The van der Waals surface area contributed by atoms with E-state index in [2.05, 4.69) is 17.5 Å². The molecular weight excluding hydrogens is 276 g/mol. The highest BCUT2D eigenvalue weighted by Gasteiger charge is 2.29. The molecule has 4 nitrogen and oxygen atoms in total. The molecule has 1 aromatic rings. The quantitative estimate of drug-likeness (QED) is 0.405. The van der Waals surface area contributed by atoms with Gasteiger partial charge in [-0.25, -0.2) is 5.43 Å². The SMILES string of the molecule is CCCCCCCOc1ccc(/C=N/NC(=O)C2CC2)cc1. The summed E-state index contributed by atoms with van der Waals surface area (Å²) in [6.07, 6.45) is 9.86. The highest BCUT2D eigenvalue weighted by molar-refractivity contribution is 5.84. The number of amides is 1. The Morgan fingerprint density at radius 1 is 1.23 bits per heavy atom. The van der Waals surface area contributed by atoms with Crippen LogP contribution >= 0.6 is 0 Å². The topological polar surface area (TPSA) is 50.7 Å². The summed E-state index contributed by atoms with van der Waals surface area (Å²) < 4.78 is 5.71. The van der Waals surface area contributed by atoms with Crippen LogP contribution in [0.15, 0.2) is 29.4 Å². The van der Waals surface area contributed by atoms with E-state index in [0.717, 1.165) is 37.2 Å². The number of hydrogen-bond donors (Lipinski definition) is 1. The van der Waals surface area contributed by atoms with Gasteiger partial charge in [0, 0.05) is 5.92 Å². The van der Waals surface area contributed by atoms with E-state index in [1.54, 1.807) is 6.21 Å². The molecule has 2 rings (SSSR count). The Morgan fingerprint density at radius 3 is 2.64 bits per heavy atom. The second-order valence-corrected chi connectivity index (χ2v) is 5.84. The van der Waals surface area contributed by atoms with E-state index in [1.807, 2.05) is 24.3 Å². The molecule has 1 fully saturated rings. The highest BCUT2D eigenvalue weighted by atomic mass is 16.5. The van der Waals surface area contributed by atoms with E-state index in [-0.39, 0.29) is 11.8 Å². The van der Waals surface area contributed by atoms with E-state index in [0.29, 0.717) is 0 Å². The molecule has 0 spiro atoms. The lowest BCUT2D eigenvalue weighted by Gasteiger charge is -2.06. The van der Waals surface area contributed by atoms with Gasteiger partial charge in [-0.15, -0.1) is 0 Å². The van der Waals surface area contributed by atoms with Crippen molar-refractivity contribution in [1.29, 1.82) is 0 Å². The van der Waals surface area contributed by atoms with E-state index < -0.39 is 0 Å². The van der Waals surface area contributed by atoms with Crippen molar-refractivity contribution in [2.24, 2.45) is 11.0 Å². The molecule has 22 heavy (non-hydrogen) atoms. The molecule has 1 saturated carbocycles. The molecule has 0 bridgehead atoms. The number of nitrogens with zero attached hydrogens (tertiary/aromatic N) is 1. The van der Waals surface area contributed by atoms with Crippen LogP contribution in [0.1, 0.15) is 57.4 Å². The average molecular weight is 302 g/mol. The van der Waals surface area contributed by atoms with Crippen LogP contribution in [0.4, 0.5) is 0 Å². The average Bonchev–Trinajstić information content (AvgIpc) is 3.37. The van der Waals surface area contributed by atoms with Gasteiger partial charge in [-0.2, -0.15) is 5.10 Å². The summed E-state index contributed by atoms with van der Waals surface area (Å²) in [7, 11) is 0. The Hall–Kier alpha value is -1.84. The minimum atomic E-state index is 0.0271. The van der Waals surface area contributed by atoms with Gasteiger partial charge in [-0.3, -0.25) is 4.79 Å². The molecule has 1 aromatic carbocycles. The van der Waals surface area contributed by atoms with E-state index in [9.17, 15) is 4.79 Å². The van der Waals surface area contributed by atoms with Crippen molar-refractivity contribution in [2.45, 2.75) is 51.9 Å². The fourth-order valence-electron chi connectivity index (χ4n) is 2.15. The fraction of sp³-hybridized carbons (Fsp3) is 0.556. The first kappa shape index (κ1) is 16.5. The van der Waals surface area contributed by atoms with Crippen LogP contribution in [0.2, 0.25) is 0 Å². The van der Waals surface area contributed by atoms with Gasteiger partial charge in [0.1, 0.15) is 5.75 Å². The number of benzene rings is 1. The van der Waals surface area contributed by atoms with Gasteiger partial charge in [-0.1, -0.05) is 32.6 Å². The minimum Gasteiger partial charge on any atom is -0.494 e. The van der Waals surface area contributed by atoms with Crippen LogP contribution in [0.3, 0.4) is 0 Å². The van der Waals surface area contributed by atoms with Gasteiger partial charge in [0.2, 0.25) is 5.91 Å². The van der Waals surface area contributed by atoms with E-state index in [4.69, 9.17) is 4.74 Å². The number of unbranched alkanes of at least 4 members (excludes halogenated alkanes) is 4. The standard InChI is InChI=1S/C18H26N2O2/c1-2-3-4-5-6-13-22-17-11-7-15(8-12-17)14-19-20-18(21)16-9-10-16/h7-8,11-12,14,16H,2-6,9-10,13H2,1H3,(H,20,21)/b19-14+. The molecule has 0 heterocycles. The van der Waals surface area contributed by atoms with E-state index >= 15 is 0 Å². The minimum absolute atomic E-state index is 0.0271. The van der Waals surface area contributed by atoms with Gasteiger partial charge in [0.15, 0.2) is 0 Å². The highest BCUT2D eigenvalue weighted by Crippen LogP contribution is 2.28. The number of nitrogens with one attached hydrogen (secondary N) is 1. The number of ether oxygens (including phenoxy) is 1. The summed E-state index contributed by atoms with van der Waals surface area (Å²) in [5.74, 6) is 1.10. The van der Waals surface area contributed by atoms with Crippen molar-refractivity contribution in [3.8, 4) is 5.75 Å². The first-order valence-corrected chi connectivity index (χ1v) is 8.35. The van der Waals surface area contributed by atoms with Crippen LogP contribution in [-0.2, 0) is 4.79 Å². The molecule has 0 radical (unpaired) electrons. The Kier molecular flexibility index (Phi) is 6.94. The molecular formula is C18H26N2O2. The Bertz CT molecular complexity index is 478. The third-order valence-electron chi connectivity index (χ3n) is 3.73. The van der Waals surface area contributed by atoms with Gasteiger partial charge in [0.25, 0.3) is 0 Å². The maximum atomic E-state index is 11.4. The first-order valence-electron chi connectivity index (χ1n) is 8.35. The first-order chi connectivity index (χ1) is 10.8. The summed E-state index contributed by atoms with van der Waals surface area (Å²) in [5, 5.41) is 3.97. The fourth-order valence-corrected chi connectivity index (χ4v) is 2.15. The monoisotopic (exact) mass is 302 g/mol. The number of carbonyl (C=O) groups excluding carboxylic acids is 1. The van der Waals surface area contributed by atoms with Crippen molar-refractivity contribution < 1.29 is 9.53 Å². The maximum Gasteiger partial charge on any atom is 0.243 e. The van der Waals surface area contributed by atoms with Gasteiger partial charge >= 0.3 is 0 Å². The normalized spacial score (nSPS) is 14.2. The zero-order chi connectivity index (χ0) is 15.6. The third kappa shape index (κ3) is 6.29. The number of rotatable bonds is 10. The van der Waals surface area contributed by atoms with Crippen LogP contribution in [-0.4, -0.2) is 18.7 Å². The molecule has 120 valence electrons. The lowest BCUT2D eigenvalue weighted by molar-refractivity contribution is -0.122. The Morgan fingerprint density at radius 2 is 1.95 bits per heavy atom. The summed E-state index contributed by atoms with van der Waals surface area (Å²) in [6.45, 7) is 2.99. The van der Waals surface area contributed by atoms with Crippen molar-refractivity contribution >= 4 is 12.1 Å². The van der Waals surface area contributed by atoms with Crippen molar-refractivity contribution in [3.05, 3.63) is 29.8 Å². The lowest BCUT2D eigenvalue weighted by atomic mass is 10.2. The molecule has 1 aliphatic rings. The molecule has 0 aliphatic heterocycles. The van der Waals surface area contributed by atoms with E-state index in [1.165, 1.54) is 25.7 Å². The molecule has 0 saturated heterocycles. The van der Waals surface area contributed by atoms with Crippen LogP contribution in [0.25, 0.3) is 0 Å². The molecule has 1 N–H and O–H groups in total. The van der Waals surface area contributed by atoms with Crippen LogP contribution in [0, 0.1) is 5.92 Å². The lowest BCUT2D eigenvalue weighted by Crippen LogP contribution is -2.18. The zero-order valence-corrected chi connectivity index (χ0v) is 13.4. The summed E-state index contributed by atoms with van der Waals surface area (Å²) in [6, 6.07) is 7.77. The molecule has 1 aliphatic carbocycles. The van der Waals surface area contributed by atoms with Crippen molar-refractivity contribution in [1.82, 2.24) is 5.43 Å². The maximum absolute atomic E-state index is 11.4. The third-order valence-corrected chi connectivity index (χ3v) is 3.73. The van der Waals surface area contributed by atoms with Crippen molar-refractivity contribution in [3.63, 3.8) is 0 Å². The Balaban J connectivity index is 1.64. The molecule has 0 unspecified atom stereocenters. The van der Waals surface area contributed by atoms with Crippen molar-refractivity contribution in [2.75, 3.05) is 6.61 Å². The van der Waals surface area contributed by atoms with Crippen LogP contribution in [0.5, 0.6) is 5.75 Å². The summed E-state index contributed by atoms with van der Waals surface area (Å²) >= 11 is 0. The molecule has 0 aromatic heterocycles. The van der Waals surface area contributed by atoms with Gasteiger partial charge < -0.3 is 4.74 Å². The molecule has 0 atom stereocenters. The second kappa shape index (κ2) is 9.23. The van der Waals surface area contributed by atoms with Gasteiger partial charge in [0.05, 0.1) is 12.8 Å². The molecule has 4 heteroatoms.